The highest BCUT2D eigenvalue weighted by Gasteiger charge is 2.42. The van der Waals surface area contributed by atoms with Crippen LogP contribution in [0.4, 0.5) is 14.9 Å². The standard InChI is InChI=1S/C34H41ClFN3O5/c1-6-26-22-37(18-19-38(26)33(42)44-34(3,4)5)32(41)31(24-12-14-25(36)15-13-24)39(30(40)21-35)29-17-16-28(20-23(29)2)43-27-10-8-7-9-11-27/h7-12,14-17,20,24,26,31H,6,13,18-19,21-22H2,1-5H3/t24?,26-,31-/m1/s1. The number of alkyl halides is 1. The van der Waals surface area contributed by atoms with Crippen LogP contribution in [-0.4, -0.2) is 70.9 Å². The zero-order valence-electron chi connectivity index (χ0n) is 26.0. The lowest BCUT2D eigenvalue weighted by Gasteiger charge is -2.44. The number of ether oxygens (including phenoxy) is 2. The van der Waals surface area contributed by atoms with E-state index >= 15 is 0 Å². The van der Waals surface area contributed by atoms with E-state index in [1.54, 1.807) is 34.1 Å². The second-order valence-electron chi connectivity index (χ2n) is 12.1. The first-order chi connectivity index (χ1) is 20.9. The van der Waals surface area contributed by atoms with Crippen molar-refractivity contribution in [3.8, 4) is 11.5 Å². The summed E-state index contributed by atoms with van der Waals surface area (Å²) in [4.78, 5) is 45.8. The van der Waals surface area contributed by atoms with Crippen LogP contribution >= 0.6 is 11.6 Å². The number of carbonyl (C=O) groups is 3. The molecule has 4 rings (SSSR count). The van der Waals surface area contributed by atoms with Gasteiger partial charge in [-0.15, -0.1) is 11.6 Å². The Labute approximate surface area is 264 Å². The third kappa shape index (κ3) is 8.00. The Hall–Kier alpha value is -3.85. The first kappa shape index (κ1) is 33.1. The molecule has 0 radical (unpaired) electrons. The van der Waals surface area contributed by atoms with Gasteiger partial charge in [-0.2, -0.15) is 0 Å². The number of anilines is 1. The molecule has 1 aliphatic heterocycles. The molecule has 2 aromatic rings. The van der Waals surface area contributed by atoms with Gasteiger partial charge >= 0.3 is 6.09 Å². The van der Waals surface area contributed by atoms with Crippen molar-refractivity contribution in [2.75, 3.05) is 30.4 Å². The molecule has 2 aromatic carbocycles. The van der Waals surface area contributed by atoms with Crippen LogP contribution in [0.15, 0.2) is 72.6 Å². The summed E-state index contributed by atoms with van der Waals surface area (Å²) in [7, 11) is 0. The molecule has 0 saturated carbocycles. The van der Waals surface area contributed by atoms with Crippen LogP contribution in [0.3, 0.4) is 0 Å². The van der Waals surface area contributed by atoms with Crippen molar-refractivity contribution in [2.24, 2.45) is 5.92 Å². The topological polar surface area (TPSA) is 79.4 Å². The summed E-state index contributed by atoms with van der Waals surface area (Å²) in [5.41, 5.74) is 0.570. The summed E-state index contributed by atoms with van der Waals surface area (Å²) < 4.78 is 25.7. The van der Waals surface area contributed by atoms with Crippen molar-refractivity contribution >= 4 is 35.2 Å². The number of aryl methyl sites for hydroxylation is 1. The predicted octanol–water partition coefficient (Wildman–Crippen LogP) is 7.02. The third-order valence-corrected chi connectivity index (χ3v) is 7.94. The number of rotatable bonds is 8. The van der Waals surface area contributed by atoms with E-state index in [0.717, 1.165) is 0 Å². The Morgan fingerprint density at radius 1 is 1.09 bits per heavy atom. The van der Waals surface area contributed by atoms with Gasteiger partial charge in [-0.1, -0.05) is 31.2 Å². The SMILES string of the molecule is CC[C@@H]1CN(C(=O)[C@@H](C2C=CC(F)=CC2)N(C(=O)CCl)c2ccc(Oc3ccccc3)cc2C)CCN1C(=O)OC(C)(C)C. The number of nitrogens with zero attached hydrogens (tertiary/aromatic N) is 3. The summed E-state index contributed by atoms with van der Waals surface area (Å²) in [6, 6.07) is 13.4. The normalized spacial score (nSPS) is 19.2. The molecule has 3 amide bonds. The predicted molar refractivity (Wildman–Crippen MR) is 170 cm³/mol. The zero-order valence-corrected chi connectivity index (χ0v) is 26.7. The first-order valence-electron chi connectivity index (χ1n) is 15.0. The molecule has 8 nitrogen and oxygen atoms in total. The van der Waals surface area contributed by atoms with Crippen LogP contribution in [0.5, 0.6) is 11.5 Å². The summed E-state index contributed by atoms with van der Waals surface area (Å²) in [5, 5.41) is 0. The number of carbonyl (C=O) groups excluding carboxylic acids is 3. The van der Waals surface area contributed by atoms with Crippen molar-refractivity contribution in [1.29, 1.82) is 0 Å². The van der Waals surface area contributed by atoms with E-state index in [9.17, 15) is 18.8 Å². The molecule has 0 aromatic heterocycles. The highest BCUT2D eigenvalue weighted by Crippen LogP contribution is 2.34. The molecule has 0 bridgehead atoms. The average Bonchev–Trinajstić information content (AvgIpc) is 2.99. The molecule has 10 heteroatoms. The maximum atomic E-state index is 14.5. The van der Waals surface area contributed by atoms with Gasteiger partial charge in [-0.05, 0) is 88.6 Å². The van der Waals surface area contributed by atoms with E-state index < -0.39 is 35.4 Å². The largest absolute Gasteiger partial charge is 0.457 e. The van der Waals surface area contributed by atoms with Crippen molar-refractivity contribution in [1.82, 2.24) is 9.80 Å². The summed E-state index contributed by atoms with van der Waals surface area (Å²) in [5.74, 6) is -0.747. The van der Waals surface area contributed by atoms with E-state index in [0.29, 0.717) is 29.2 Å². The minimum absolute atomic E-state index is 0.230. The van der Waals surface area contributed by atoms with E-state index in [-0.39, 0.29) is 43.9 Å². The minimum Gasteiger partial charge on any atom is -0.457 e. The summed E-state index contributed by atoms with van der Waals surface area (Å²) in [6.45, 7) is 10.1. The van der Waals surface area contributed by atoms with Gasteiger partial charge in [0, 0.05) is 31.2 Å². The minimum atomic E-state index is -0.993. The molecule has 1 fully saturated rings. The first-order valence-corrected chi connectivity index (χ1v) is 15.5. The highest BCUT2D eigenvalue weighted by molar-refractivity contribution is 6.30. The fraction of sp³-hybridized carbons (Fsp3) is 0.441. The molecule has 3 atom stereocenters. The van der Waals surface area contributed by atoms with E-state index in [1.165, 1.54) is 17.1 Å². The fourth-order valence-electron chi connectivity index (χ4n) is 5.57. The number of halogens is 2. The zero-order chi connectivity index (χ0) is 32.0. The smallest absolute Gasteiger partial charge is 0.410 e. The van der Waals surface area contributed by atoms with Crippen molar-refractivity contribution in [3.05, 3.63) is 78.1 Å². The van der Waals surface area contributed by atoms with Gasteiger partial charge in [0.15, 0.2) is 0 Å². The molecule has 236 valence electrons. The van der Waals surface area contributed by atoms with Crippen LogP contribution in [0, 0.1) is 12.8 Å². The lowest BCUT2D eigenvalue weighted by Crippen LogP contribution is -2.62. The van der Waals surface area contributed by atoms with Crippen LogP contribution in [-0.2, 0) is 14.3 Å². The molecule has 1 saturated heterocycles. The van der Waals surface area contributed by atoms with Crippen molar-refractivity contribution < 1.29 is 28.2 Å². The van der Waals surface area contributed by atoms with Crippen molar-refractivity contribution in [3.63, 3.8) is 0 Å². The molecule has 1 unspecified atom stereocenters. The maximum absolute atomic E-state index is 14.5. The average molecular weight is 626 g/mol. The molecule has 44 heavy (non-hydrogen) atoms. The number of para-hydroxylation sites is 1. The second kappa shape index (κ2) is 14.3. The summed E-state index contributed by atoms with van der Waals surface area (Å²) in [6.07, 6.45) is 4.81. The Balaban J connectivity index is 1.67. The van der Waals surface area contributed by atoms with Gasteiger partial charge in [0.2, 0.25) is 11.8 Å². The van der Waals surface area contributed by atoms with Crippen LogP contribution in [0.25, 0.3) is 0 Å². The van der Waals surface area contributed by atoms with Gasteiger partial charge in [0.05, 0.1) is 6.04 Å². The molecular formula is C34H41ClFN3O5. The lowest BCUT2D eigenvalue weighted by atomic mass is 9.89. The monoisotopic (exact) mass is 625 g/mol. The Morgan fingerprint density at radius 2 is 1.82 bits per heavy atom. The quantitative estimate of drug-likeness (QED) is 0.295. The van der Waals surface area contributed by atoms with Gasteiger partial charge in [-0.25, -0.2) is 9.18 Å². The van der Waals surface area contributed by atoms with E-state index in [2.05, 4.69) is 0 Å². The Bertz CT molecular complexity index is 1410. The molecule has 2 aliphatic rings. The lowest BCUT2D eigenvalue weighted by molar-refractivity contribution is -0.138. The van der Waals surface area contributed by atoms with E-state index in [4.69, 9.17) is 21.1 Å². The molecule has 1 aliphatic carbocycles. The number of amides is 3. The third-order valence-electron chi connectivity index (χ3n) is 7.71. The number of hydrogen-bond acceptors (Lipinski definition) is 5. The van der Waals surface area contributed by atoms with E-state index in [1.807, 2.05) is 65.0 Å². The Morgan fingerprint density at radius 3 is 2.41 bits per heavy atom. The number of hydrogen-bond donors (Lipinski definition) is 0. The van der Waals surface area contributed by atoms with Gasteiger partial charge < -0.3 is 19.3 Å². The molecule has 0 spiro atoms. The van der Waals surface area contributed by atoms with Crippen LogP contribution < -0.4 is 9.64 Å². The Kier molecular flexibility index (Phi) is 10.7. The number of benzene rings is 2. The molecule has 0 N–H and O–H groups in total. The second-order valence-corrected chi connectivity index (χ2v) is 12.3. The van der Waals surface area contributed by atoms with Crippen molar-refractivity contribution in [2.45, 2.75) is 65.1 Å². The van der Waals surface area contributed by atoms with Gasteiger partial charge in [-0.3, -0.25) is 14.5 Å². The number of allylic oxidation sites excluding steroid dienone is 3. The maximum Gasteiger partial charge on any atom is 0.410 e. The molecule has 1 heterocycles. The van der Waals surface area contributed by atoms with Gasteiger partial charge in [0.1, 0.15) is 34.8 Å². The number of piperazine rings is 1. The fourth-order valence-corrected chi connectivity index (χ4v) is 5.70. The molecular weight excluding hydrogens is 585 g/mol. The van der Waals surface area contributed by atoms with Gasteiger partial charge in [0.25, 0.3) is 0 Å². The summed E-state index contributed by atoms with van der Waals surface area (Å²) >= 11 is 6.15. The highest BCUT2D eigenvalue weighted by atomic mass is 35.5. The van der Waals surface area contributed by atoms with Crippen LogP contribution in [0.1, 0.15) is 46.1 Å². The van der Waals surface area contributed by atoms with Crippen LogP contribution in [0.2, 0.25) is 0 Å².